The lowest BCUT2D eigenvalue weighted by Gasteiger charge is -2.24. The summed E-state index contributed by atoms with van der Waals surface area (Å²) in [4.78, 5) is 45.5. The molecule has 3 aromatic rings. The van der Waals surface area contributed by atoms with E-state index in [0.29, 0.717) is 5.69 Å². The molecule has 0 unspecified atom stereocenters. The van der Waals surface area contributed by atoms with Crippen molar-refractivity contribution < 1.29 is 28.6 Å². The van der Waals surface area contributed by atoms with Crippen LogP contribution in [0.25, 0.3) is 0 Å². The molecular formula is C27H31N3O6. The Morgan fingerprint density at radius 2 is 1.56 bits per heavy atom. The van der Waals surface area contributed by atoms with Crippen LogP contribution in [0, 0.1) is 0 Å². The zero-order chi connectivity index (χ0) is 26.0. The van der Waals surface area contributed by atoms with E-state index in [9.17, 15) is 14.4 Å². The van der Waals surface area contributed by atoms with E-state index in [2.05, 4.69) is 15.3 Å². The van der Waals surface area contributed by atoms with Crippen molar-refractivity contribution in [3.05, 3.63) is 90.0 Å². The minimum atomic E-state index is -1.25. The van der Waals surface area contributed by atoms with Crippen LogP contribution in [0.4, 0.5) is 4.79 Å². The second-order valence-electron chi connectivity index (χ2n) is 9.19. The van der Waals surface area contributed by atoms with Crippen LogP contribution in [0.1, 0.15) is 37.6 Å². The standard InChI is InChI=1S/C27H31N3O6/c1-27(2,3)36-26(33)30-22(14-19-10-6-4-7-11-19)24(31)35-23(15-21-16-28-18-29-21)25(32)34-17-20-12-8-5-9-13-20/h4-13,16,18,22-23H,14-15,17H2,1-3H3,(H,28,29)(H,30,33)/t22-,23-/m0/s1. The van der Waals surface area contributed by atoms with Crippen molar-refractivity contribution in [1.29, 1.82) is 0 Å². The fourth-order valence-electron chi connectivity index (χ4n) is 3.31. The van der Waals surface area contributed by atoms with Gasteiger partial charge in [-0.25, -0.2) is 19.4 Å². The Bertz CT molecular complexity index is 1110. The molecule has 1 heterocycles. The van der Waals surface area contributed by atoms with Crippen molar-refractivity contribution in [2.24, 2.45) is 0 Å². The Hall–Kier alpha value is -4.14. The molecule has 2 aromatic carbocycles. The number of carbonyl (C=O) groups excluding carboxylic acids is 3. The molecule has 0 aliphatic rings. The second-order valence-corrected chi connectivity index (χ2v) is 9.19. The Morgan fingerprint density at radius 3 is 2.14 bits per heavy atom. The zero-order valence-electron chi connectivity index (χ0n) is 20.6. The summed E-state index contributed by atoms with van der Waals surface area (Å²) in [7, 11) is 0. The zero-order valence-corrected chi connectivity index (χ0v) is 20.6. The average molecular weight is 494 g/mol. The number of ether oxygens (including phenoxy) is 3. The Kier molecular flexibility index (Phi) is 9.21. The number of alkyl carbamates (subject to hydrolysis) is 1. The number of carbonyl (C=O) groups is 3. The first-order chi connectivity index (χ1) is 17.2. The molecule has 0 fully saturated rings. The van der Waals surface area contributed by atoms with Gasteiger partial charge in [0.05, 0.1) is 6.33 Å². The van der Waals surface area contributed by atoms with Crippen LogP contribution in [0.5, 0.6) is 0 Å². The molecule has 190 valence electrons. The van der Waals surface area contributed by atoms with Crippen molar-refractivity contribution in [2.75, 3.05) is 0 Å². The lowest BCUT2D eigenvalue weighted by atomic mass is 10.1. The minimum Gasteiger partial charge on any atom is -0.458 e. The number of aromatic nitrogens is 2. The Morgan fingerprint density at radius 1 is 0.917 bits per heavy atom. The van der Waals surface area contributed by atoms with Crippen LogP contribution in [0.2, 0.25) is 0 Å². The van der Waals surface area contributed by atoms with Gasteiger partial charge in [0.15, 0.2) is 0 Å². The van der Waals surface area contributed by atoms with Gasteiger partial charge in [-0.2, -0.15) is 0 Å². The predicted octanol–water partition coefficient (Wildman–Crippen LogP) is 3.74. The first-order valence-corrected chi connectivity index (χ1v) is 11.6. The third kappa shape index (κ3) is 8.90. The third-order valence-electron chi connectivity index (χ3n) is 4.96. The van der Waals surface area contributed by atoms with Gasteiger partial charge in [0.25, 0.3) is 0 Å². The maximum atomic E-state index is 13.2. The molecule has 1 amide bonds. The van der Waals surface area contributed by atoms with Crippen LogP contribution in [0.15, 0.2) is 73.2 Å². The van der Waals surface area contributed by atoms with E-state index in [1.165, 1.54) is 12.5 Å². The number of benzene rings is 2. The number of nitrogens with one attached hydrogen (secondary N) is 2. The molecule has 9 heteroatoms. The first kappa shape index (κ1) is 26.5. The number of H-pyrrole nitrogens is 1. The van der Waals surface area contributed by atoms with Gasteiger partial charge in [-0.05, 0) is 31.9 Å². The summed E-state index contributed by atoms with van der Waals surface area (Å²) in [6, 6.07) is 17.2. The van der Waals surface area contributed by atoms with Crippen molar-refractivity contribution in [2.45, 2.75) is 58.0 Å². The summed E-state index contributed by atoms with van der Waals surface area (Å²) >= 11 is 0. The Labute approximate surface area is 210 Å². The van der Waals surface area contributed by atoms with E-state index in [1.54, 1.807) is 20.8 Å². The largest absolute Gasteiger partial charge is 0.458 e. The highest BCUT2D eigenvalue weighted by atomic mass is 16.6. The summed E-state index contributed by atoms with van der Waals surface area (Å²) in [6.45, 7) is 5.20. The van der Waals surface area contributed by atoms with E-state index in [4.69, 9.17) is 14.2 Å². The molecule has 0 saturated carbocycles. The summed E-state index contributed by atoms with van der Waals surface area (Å²) in [5, 5.41) is 2.57. The summed E-state index contributed by atoms with van der Waals surface area (Å²) in [5.41, 5.74) is 1.43. The highest BCUT2D eigenvalue weighted by Gasteiger charge is 2.32. The van der Waals surface area contributed by atoms with Gasteiger partial charge in [-0.3, -0.25) is 0 Å². The van der Waals surface area contributed by atoms with E-state index in [0.717, 1.165) is 11.1 Å². The molecule has 1 aromatic heterocycles. The number of hydrogen-bond donors (Lipinski definition) is 2. The average Bonchev–Trinajstić information content (AvgIpc) is 3.35. The van der Waals surface area contributed by atoms with E-state index in [-0.39, 0.29) is 19.4 Å². The van der Waals surface area contributed by atoms with Gasteiger partial charge < -0.3 is 24.5 Å². The monoisotopic (exact) mass is 493 g/mol. The van der Waals surface area contributed by atoms with Crippen LogP contribution < -0.4 is 5.32 Å². The molecule has 0 saturated heterocycles. The molecular weight excluding hydrogens is 462 g/mol. The smallest absolute Gasteiger partial charge is 0.408 e. The topological polar surface area (TPSA) is 120 Å². The molecule has 0 bridgehead atoms. The number of aromatic amines is 1. The number of nitrogens with zero attached hydrogens (tertiary/aromatic N) is 1. The molecule has 2 N–H and O–H groups in total. The third-order valence-corrected chi connectivity index (χ3v) is 4.96. The molecule has 2 atom stereocenters. The number of imidazole rings is 1. The van der Waals surface area contributed by atoms with Crippen molar-refractivity contribution in [3.8, 4) is 0 Å². The summed E-state index contributed by atoms with van der Waals surface area (Å²) < 4.78 is 16.3. The predicted molar refractivity (Wildman–Crippen MR) is 132 cm³/mol. The van der Waals surface area contributed by atoms with Crippen molar-refractivity contribution in [1.82, 2.24) is 15.3 Å². The van der Waals surface area contributed by atoms with E-state index >= 15 is 0 Å². The van der Waals surface area contributed by atoms with E-state index < -0.39 is 35.8 Å². The van der Waals surface area contributed by atoms with Gasteiger partial charge in [-0.1, -0.05) is 60.7 Å². The highest BCUT2D eigenvalue weighted by Crippen LogP contribution is 2.13. The number of esters is 2. The first-order valence-electron chi connectivity index (χ1n) is 11.6. The molecule has 0 aliphatic heterocycles. The second kappa shape index (κ2) is 12.5. The van der Waals surface area contributed by atoms with Crippen molar-refractivity contribution in [3.63, 3.8) is 0 Å². The highest BCUT2D eigenvalue weighted by molar-refractivity contribution is 5.85. The number of hydrogen-bond acceptors (Lipinski definition) is 7. The lowest BCUT2D eigenvalue weighted by molar-refractivity contribution is -0.170. The van der Waals surface area contributed by atoms with Gasteiger partial charge in [-0.15, -0.1) is 0 Å². The fourth-order valence-corrected chi connectivity index (χ4v) is 3.31. The SMILES string of the molecule is CC(C)(C)OC(=O)N[C@@H](Cc1ccccc1)C(=O)O[C@@H](Cc1cnc[nH]1)C(=O)OCc1ccccc1. The molecule has 36 heavy (non-hydrogen) atoms. The summed E-state index contributed by atoms with van der Waals surface area (Å²) in [6.07, 6.45) is 1.16. The van der Waals surface area contributed by atoms with Crippen molar-refractivity contribution >= 4 is 18.0 Å². The maximum absolute atomic E-state index is 13.2. The summed E-state index contributed by atoms with van der Waals surface area (Å²) in [5.74, 6) is -1.50. The maximum Gasteiger partial charge on any atom is 0.408 e. The fraction of sp³-hybridized carbons (Fsp3) is 0.333. The van der Waals surface area contributed by atoms with E-state index in [1.807, 2.05) is 60.7 Å². The van der Waals surface area contributed by atoms with Crippen LogP contribution in [0.3, 0.4) is 0 Å². The van der Waals surface area contributed by atoms with Gasteiger partial charge in [0.2, 0.25) is 6.10 Å². The lowest BCUT2D eigenvalue weighted by Crippen LogP contribution is -2.47. The van der Waals surface area contributed by atoms with Gasteiger partial charge in [0.1, 0.15) is 18.2 Å². The van der Waals surface area contributed by atoms with Crippen LogP contribution in [-0.4, -0.2) is 45.7 Å². The van der Waals surface area contributed by atoms with Crippen LogP contribution in [-0.2, 0) is 43.2 Å². The molecule has 0 spiro atoms. The Balaban J connectivity index is 1.74. The van der Waals surface area contributed by atoms with Gasteiger partial charge >= 0.3 is 18.0 Å². The molecule has 0 aliphatic carbocycles. The van der Waals surface area contributed by atoms with Crippen LogP contribution >= 0.6 is 0 Å². The quantitative estimate of drug-likeness (QED) is 0.326. The number of amides is 1. The van der Waals surface area contributed by atoms with Gasteiger partial charge in [0, 0.05) is 24.7 Å². The molecule has 3 rings (SSSR count). The minimum absolute atomic E-state index is 0.0281. The number of rotatable bonds is 10. The molecule has 0 radical (unpaired) electrons. The molecule has 9 nitrogen and oxygen atoms in total. The normalized spacial score (nSPS) is 12.8.